The molecule has 0 aliphatic carbocycles. The minimum atomic E-state index is 0.334. The minimum absolute atomic E-state index is 0.334. The number of unbranched alkanes of at least 4 members (excludes halogenated alkanes) is 3. The van der Waals surface area contributed by atoms with Crippen LogP contribution in [0.25, 0.3) is 0 Å². The van der Waals surface area contributed by atoms with Crippen LogP contribution >= 0.6 is 0 Å². The summed E-state index contributed by atoms with van der Waals surface area (Å²) in [5.74, 6) is 0. The third-order valence-electron chi connectivity index (χ3n) is 3.55. The molecule has 0 aromatic heterocycles. The van der Waals surface area contributed by atoms with E-state index >= 15 is 0 Å². The molecule has 0 amide bonds. The van der Waals surface area contributed by atoms with Crippen molar-refractivity contribution in [2.24, 2.45) is 0 Å². The molecule has 96 valence electrons. The van der Waals surface area contributed by atoms with E-state index < -0.39 is 0 Å². The molecule has 0 aromatic rings. The zero-order valence-electron chi connectivity index (χ0n) is 10.4. The summed E-state index contributed by atoms with van der Waals surface area (Å²) in [6, 6.07) is 0.727. The fraction of sp³-hybridized carbons (Fsp3) is 1.00. The molecular formula is C13H27NO2. The van der Waals surface area contributed by atoms with Crippen molar-refractivity contribution in [3.8, 4) is 0 Å². The van der Waals surface area contributed by atoms with E-state index in [0.29, 0.717) is 13.2 Å². The quantitative estimate of drug-likeness (QED) is 0.592. The first-order valence-electron chi connectivity index (χ1n) is 6.84. The Labute approximate surface area is 99.5 Å². The van der Waals surface area contributed by atoms with Crippen LogP contribution in [0, 0.1) is 0 Å². The number of aliphatic hydroxyl groups excluding tert-OH is 2. The van der Waals surface area contributed by atoms with Gasteiger partial charge in [0.05, 0.1) is 0 Å². The highest BCUT2D eigenvalue weighted by atomic mass is 16.3. The maximum atomic E-state index is 8.84. The number of rotatable bonds is 9. The number of likely N-dealkylation sites (tertiary alicyclic amines) is 1. The van der Waals surface area contributed by atoms with E-state index in [0.717, 1.165) is 31.7 Å². The first-order valence-corrected chi connectivity index (χ1v) is 6.84. The highest BCUT2D eigenvalue weighted by molar-refractivity contribution is 4.78. The van der Waals surface area contributed by atoms with Gasteiger partial charge in [0.25, 0.3) is 0 Å². The van der Waals surface area contributed by atoms with Crippen LogP contribution in [-0.4, -0.2) is 47.5 Å². The van der Waals surface area contributed by atoms with Crippen LogP contribution in [0.15, 0.2) is 0 Å². The van der Waals surface area contributed by atoms with Crippen molar-refractivity contribution in [3.05, 3.63) is 0 Å². The number of aliphatic hydroxyl groups is 2. The number of nitrogens with zero attached hydrogens (tertiary/aromatic N) is 1. The van der Waals surface area contributed by atoms with Crippen LogP contribution < -0.4 is 0 Å². The highest BCUT2D eigenvalue weighted by Crippen LogP contribution is 2.21. The van der Waals surface area contributed by atoms with E-state index in [1.807, 2.05) is 0 Å². The van der Waals surface area contributed by atoms with E-state index in [1.165, 1.54) is 38.8 Å². The lowest BCUT2D eigenvalue weighted by Crippen LogP contribution is -2.30. The van der Waals surface area contributed by atoms with Crippen LogP contribution in [0.4, 0.5) is 0 Å². The average molecular weight is 229 g/mol. The number of hydrogen-bond donors (Lipinski definition) is 2. The SMILES string of the molecule is OCCCCCCN1CCCC1CCCO. The highest BCUT2D eigenvalue weighted by Gasteiger charge is 2.22. The molecule has 16 heavy (non-hydrogen) atoms. The Hall–Kier alpha value is -0.120. The Morgan fingerprint density at radius 3 is 2.44 bits per heavy atom. The second-order valence-corrected chi connectivity index (χ2v) is 4.84. The standard InChI is InChI=1S/C13H27NO2/c15-11-4-2-1-3-9-14-10-5-7-13(14)8-6-12-16/h13,15-16H,1-12H2. The lowest BCUT2D eigenvalue weighted by Gasteiger charge is -2.24. The summed E-state index contributed by atoms with van der Waals surface area (Å²) in [5, 5.41) is 17.5. The molecule has 0 spiro atoms. The van der Waals surface area contributed by atoms with Gasteiger partial charge in [-0.2, -0.15) is 0 Å². The fourth-order valence-electron chi connectivity index (χ4n) is 2.62. The fourth-order valence-corrected chi connectivity index (χ4v) is 2.62. The largest absolute Gasteiger partial charge is 0.396 e. The van der Waals surface area contributed by atoms with Crippen molar-refractivity contribution in [1.29, 1.82) is 0 Å². The molecule has 1 atom stereocenters. The Kier molecular flexibility index (Phi) is 7.81. The summed E-state index contributed by atoms with van der Waals surface area (Å²) in [6.07, 6.45) is 9.36. The van der Waals surface area contributed by atoms with Gasteiger partial charge < -0.3 is 15.1 Å². The third-order valence-corrected chi connectivity index (χ3v) is 3.55. The molecule has 1 rings (SSSR count). The van der Waals surface area contributed by atoms with Crippen LogP contribution in [0.3, 0.4) is 0 Å². The summed E-state index contributed by atoms with van der Waals surface area (Å²) >= 11 is 0. The molecule has 3 heteroatoms. The summed E-state index contributed by atoms with van der Waals surface area (Å²) in [4.78, 5) is 2.59. The van der Waals surface area contributed by atoms with Gasteiger partial charge in [-0.3, -0.25) is 0 Å². The smallest absolute Gasteiger partial charge is 0.0431 e. The van der Waals surface area contributed by atoms with Gasteiger partial charge >= 0.3 is 0 Å². The molecule has 0 radical (unpaired) electrons. The second-order valence-electron chi connectivity index (χ2n) is 4.84. The first-order chi connectivity index (χ1) is 7.88. The molecule has 0 saturated carbocycles. The van der Waals surface area contributed by atoms with Gasteiger partial charge in [0.1, 0.15) is 0 Å². The minimum Gasteiger partial charge on any atom is -0.396 e. The van der Waals surface area contributed by atoms with E-state index in [9.17, 15) is 0 Å². The van der Waals surface area contributed by atoms with Crippen LogP contribution in [0.5, 0.6) is 0 Å². The predicted molar refractivity (Wildman–Crippen MR) is 66.5 cm³/mol. The normalized spacial score (nSPS) is 21.8. The molecule has 1 aliphatic heterocycles. The topological polar surface area (TPSA) is 43.7 Å². The molecule has 1 unspecified atom stereocenters. The molecule has 0 bridgehead atoms. The zero-order chi connectivity index (χ0) is 11.6. The average Bonchev–Trinajstić information content (AvgIpc) is 2.74. The van der Waals surface area contributed by atoms with Crippen molar-refractivity contribution < 1.29 is 10.2 Å². The van der Waals surface area contributed by atoms with Crippen molar-refractivity contribution in [3.63, 3.8) is 0 Å². The lowest BCUT2D eigenvalue weighted by atomic mass is 10.1. The molecule has 0 aromatic carbocycles. The van der Waals surface area contributed by atoms with E-state index in [4.69, 9.17) is 10.2 Å². The van der Waals surface area contributed by atoms with Gasteiger partial charge in [0.2, 0.25) is 0 Å². The van der Waals surface area contributed by atoms with Gasteiger partial charge in [-0.05, 0) is 51.6 Å². The third kappa shape index (κ3) is 5.28. The van der Waals surface area contributed by atoms with Crippen molar-refractivity contribution in [2.45, 2.75) is 57.4 Å². The predicted octanol–water partition coefficient (Wildman–Crippen LogP) is 1.78. The zero-order valence-corrected chi connectivity index (χ0v) is 10.4. The molecular weight excluding hydrogens is 202 g/mol. The summed E-state index contributed by atoms with van der Waals surface area (Å²) in [7, 11) is 0. The first kappa shape index (κ1) is 13.9. The summed E-state index contributed by atoms with van der Waals surface area (Å²) in [5.41, 5.74) is 0. The van der Waals surface area contributed by atoms with Gasteiger partial charge in [-0.15, -0.1) is 0 Å². The van der Waals surface area contributed by atoms with Gasteiger partial charge in [-0.1, -0.05) is 12.8 Å². The molecule has 1 heterocycles. The second kappa shape index (κ2) is 8.97. The monoisotopic (exact) mass is 229 g/mol. The van der Waals surface area contributed by atoms with E-state index in [1.54, 1.807) is 0 Å². The maximum absolute atomic E-state index is 8.84. The molecule has 3 nitrogen and oxygen atoms in total. The van der Waals surface area contributed by atoms with Crippen molar-refractivity contribution in [1.82, 2.24) is 4.90 Å². The number of hydrogen-bond acceptors (Lipinski definition) is 3. The Balaban J connectivity index is 2.05. The molecule has 1 aliphatic rings. The Bertz CT molecular complexity index is 164. The lowest BCUT2D eigenvalue weighted by molar-refractivity contribution is 0.212. The van der Waals surface area contributed by atoms with Gasteiger partial charge in [-0.25, -0.2) is 0 Å². The summed E-state index contributed by atoms with van der Waals surface area (Å²) < 4.78 is 0. The maximum Gasteiger partial charge on any atom is 0.0431 e. The van der Waals surface area contributed by atoms with Gasteiger partial charge in [0, 0.05) is 19.3 Å². The van der Waals surface area contributed by atoms with Crippen LogP contribution in [0.1, 0.15) is 51.4 Å². The van der Waals surface area contributed by atoms with Gasteiger partial charge in [0.15, 0.2) is 0 Å². The van der Waals surface area contributed by atoms with Crippen LogP contribution in [-0.2, 0) is 0 Å². The van der Waals surface area contributed by atoms with Crippen molar-refractivity contribution >= 4 is 0 Å². The van der Waals surface area contributed by atoms with E-state index in [-0.39, 0.29) is 0 Å². The van der Waals surface area contributed by atoms with E-state index in [2.05, 4.69) is 4.90 Å². The van der Waals surface area contributed by atoms with Crippen LogP contribution in [0.2, 0.25) is 0 Å². The van der Waals surface area contributed by atoms with Crippen molar-refractivity contribution in [2.75, 3.05) is 26.3 Å². The Morgan fingerprint density at radius 1 is 0.938 bits per heavy atom. The molecule has 1 fully saturated rings. The molecule has 2 N–H and O–H groups in total. The molecule has 1 saturated heterocycles. The Morgan fingerprint density at radius 2 is 1.69 bits per heavy atom. The summed E-state index contributed by atoms with van der Waals surface area (Å²) in [6.45, 7) is 3.13.